The minimum atomic E-state index is -4.19. The lowest BCUT2D eigenvalue weighted by Gasteiger charge is -2.34. The van der Waals surface area contributed by atoms with Crippen molar-refractivity contribution in [2.75, 3.05) is 24.5 Å². The molecule has 4 aromatic carbocycles. The highest BCUT2D eigenvalue weighted by atomic mass is 35.5. The van der Waals surface area contributed by atoms with E-state index in [9.17, 15) is 18.0 Å². The molecule has 0 radical (unpaired) electrons. The summed E-state index contributed by atoms with van der Waals surface area (Å²) in [6.07, 6.45) is 0.953. The van der Waals surface area contributed by atoms with Crippen molar-refractivity contribution in [3.63, 3.8) is 0 Å². The Labute approximate surface area is 264 Å². The predicted molar refractivity (Wildman–Crippen MR) is 173 cm³/mol. The second-order valence-corrected chi connectivity index (χ2v) is 12.5. The zero-order valence-corrected chi connectivity index (χ0v) is 26.3. The molecule has 230 valence electrons. The van der Waals surface area contributed by atoms with Crippen molar-refractivity contribution in [2.24, 2.45) is 0 Å². The molecule has 0 bridgehead atoms. The van der Waals surface area contributed by atoms with Gasteiger partial charge in [-0.2, -0.15) is 0 Å². The Morgan fingerprint density at radius 2 is 1.52 bits per heavy atom. The molecule has 1 N–H and O–H groups in total. The van der Waals surface area contributed by atoms with Crippen molar-refractivity contribution < 1.29 is 22.7 Å². The number of methoxy groups -OCH3 is 1. The Balaban J connectivity index is 1.79. The number of hydrogen-bond acceptors (Lipinski definition) is 5. The van der Waals surface area contributed by atoms with E-state index in [2.05, 4.69) is 5.32 Å². The maximum atomic E-state index is 14.4. The largest absolute Gasteiger partial charge is 0.497 e. The lowest BCUT2D eigenvalue weighted by Crippen LogP contribution is -2.53. The molecule has 0 aromatic heterocycles. The maximum absolute atomic E-state index is 14.4. The zero-order valence-electron chi connectivity index (χ0n) is 24.7. The number of nitrogens with one attached hydrogen (secondary N) is 1. The van der Waals surface area contributed by atoms with Gasteiger partial charge >= 0.3 is 0 Å². The van der Waals surface area contributed by atoms with Crippen LogP contribution in [0.2, 0.25) is 5.02 Å². The van der Waals surface area contributed by atoms with E-state index in [1.165, 1.54) is 24.1 Å². The average molecular weight is 634 g/mol. The molecule has 10 heteroatoms. The molecule has 4 rings (SSSR count). The van der Waals surface area contributed by atoms with Gasteiger partial charge in [0, 0.05) is 30.6 Å². The third-order valence-electron chi connectivity index (χ3n) is 7.04. The van der Waals surface area contributed by atoms with Gasteiger partial charge < -0.3 is 15.0 Å². The van der Waals surface area contributed by atoms with Crippen LogP contribution in [0.15, 0.2) is 114 Å². The molecule has 0 unspecified atom stereocenters. The molecule has 0 aliphatic carbocycles. The van der Waals surface area contributed by atoms with Crippen molar-refractivity contribution in [1.29, 1.82) is 0 Å². The predicted octanol–water partition coefficient (Wildman–Crippen LogP) is 5.71. The lowest BCUT2D eigenvalue weighted by molar-refractivity contribution is -0.140. The van der Waals surface area contributed by atoms with Crippen LogP contribution in [-0.4, -0.2) is 51.4 Å². The normalized spacial score (nSPS) is 11.8. The monoisotopic (exact) mass is 633 g/mol. The van der Waals surface area contributed by atoms with Gasteiger partial charge in [0.05, 0.1) is 17.7 Å². The van der Waals surface area contributed by atoms with E-state index in [0.29, 0.717) is 23.7 Å². The number of anilines is 1. The molecule has 0 aliphatic heterocycles. The number of amides is 2. The third kappa shape index (κ3) is 8.39. The molecular weight excluding hydrogens is 598 g/mol. The topological polar surface area (TPSA) is 96.0 Å². The molecule has 0 saturated heterocycles. The number of carbonyl (C=O) groups excluding carboxylic acids is 2. The summed E-state index contributed by atoms with van der Waals surface area (Å²) in [4.78, 5) is 29.6. The van der Waals surface area contributed by atoms with Crippen molar-refractivity contribution in [3.05, 3.63) is 125 Å². The van der Waals surface area contributed by atoms with Gasteiger partial charge in [-0.3, -0.25) is 13.9 Å². The van der Waals surface area contributed by atoms with Crippen molar-refractivity contribution in [3.8, 4) is 5.75 Å². The van der Waals surface area contributed by atoms with Crippen LogP contribution >= 0.6 is 11.6 Å². The average Bonchev–Trinajstić information content (AvgIpc) is 3.05. The van der Waals surface area contributed by atoms with Gasteiger partial charge in [-0.25, -0.2) is 8.42 Å². The highest BCUT2D eigenvalue weighted by molar-refractivity contribution is 7.92. The van der Waals surface area contributed by atoms with Gasteiger partial charge in [0.2, 0.25) is 11.8 Å². The second-order valence-electron chi connectivity index (χ2n) is 10.2. The number of halogens is 1. The molecule has 4 aromatic rings. The smallest absolute Gasteiger partial charge is 0.264 e. The van der Waals surface area contributed by atoms with Crippen molar-refractivity contribution in [1.82, 2.24) is 10.2 Å². The van der Waals surface area contributed by atoms with E-state index in [1.807, 2.05) is 37.3 Å². The maximum Gasteiger partial charge on any atom is 0.264 e. The summed E-state index contributed by atoms with van der Waals surface area (Å²) in [6, 6.07) is 30.0. The van der Waals surface area contributed by atoms with Gasteiger partial charge in [-0.05, 0) is 53.9 Å². The van der Waals surface area contributed by atoms with Crippen LogP contribution in [0.5, 0.6) is 5.75 Å². The Hall–Kier alpha value is -4.34. The quantitative estimate of drug-likeness (QED) is 0.192. The summed E-state index contributed by atoms with van der Waals surface area (Å²) >= 11 is 6.13. The standard InChI is InChI=1S/C34H36ClN3O5S/c1-3-21-36-34(40)32(22-26-11-6-4-7-12-26)37(24-27-17-19-28(35)20-18-27)33(39)25-38(29-13-10-14-30(23-29)43-2)44(41,42)31-15-8-5-9-16-31/h4-20,23,32H,3,21-22,24-25H2,1-2H3,(H,36,40)/t32-/m1/s1. The molecule has 0 aliphatic rings. The van der Waals surface area contributed by atoms with E-state index in [-0.39, 0.29) is 29.5 Å². The first kappa shape index (κ1) is 32.6. The fourth-order valence-electron chi connectivity index (χ4n) is 4.72. The fourth-order valence-corrected chi connectivity index (χ4v) is 6.27. The Kier molecular flexibility index (Phi) is 11.4. The number of hydrogen-bond donors (Lipinski definition) is 1. The number of benzene rings is 4. The van der Waals surface area contributed by atoms with Gasteiger partial charge in [0.1, 0.15) is 18.3 Å². The molecule has 44 heavy (non-hydrogen) atoms. The minimum Gasteiger partial charge on any atom is -0.497 e. The van der Waals surface area contributed by atoms with Crippen LogP contribution in [0, 0.1) is 0 Å². The van der Waals surface area contributed by atoms with E-state index in [0.717, 1.165) is 15.4 Å². The summed E-state index contributed by atoms with van der Waals surface area (Å²) in [7, 11) is -2.71. The van der Waals surface area contributed by atoms with Crippen molar-refractivity contribution in [2.45, 2.75) is 37.2 Å². The van der Waals surface area contributed by atoms with Crippen LogP contribution in [0.3, 0.4) is 0 Å². The fraction of sp³-hybridized carbons (Fsp3) is 0.235. The summed E-state index contributed by atoms with van der Waals surface area (Å²) in [5.41, 5.74) is 1.85. The highest BCUT2D eigenvalue weighted by Gasteiger charge is 2.34. The van der Waals surface area contributed by atoms with Crippen LogP contribution in [0.4, 0.5) is 5.69 Å². The van der Waals surface area contributed by atoms with Crippen LogP contribution in [0.1, 0.15) is 24.5 Å². The van der Waals surface area contributed by atoms with E-state index in [4.69, 9.17) is 16.3 Å². The van der Waals surface area contributed by atoms with Gasteiger partial charge in [-0.1, -0.05) is 85.3 Å². The molecule has 0 saturated carbocycles. The lowest BCUT2D eigenvalue weighted by atomic mass is 10.0. The van der Waals surface area contributed by atoms with Crippen molar-refractivity contribution >= 4 is 39.1 Å². The summed E-state index contributed by atoms with van der Waals surface area (Å²) in [5.74, 6) is -0.436. The Morgan fingerprint density at radius 3 is 2.16 bits per heavy atom. The van der Waals surface area contributed by atoms with E-state index in [1.54, 1.807) is 66.7 Å². The SMILES string of the molecule is CCCNC(=O)[C@@H](Cc1ccccc1)N(Cc1ccc(Cl)cc1)C(=O)CN(c1cccc(OC)c1)S(=O)(=O)c1ccccc1. The second kappa shape index (κ2) is 15.4. The Bertz CT molecular complexity index is 1630. The van der Waals surface area contributed by atoms with Gasteiger partial charge in [0.25, 0.3) is 10.0 Å². The summed E-state index contributed by atoms with van der Waals surface area (Å²) < 4.78 is 34.5. The zero-order chi connectivity index (χ0) is 31.5. The van der Waals surface area contributed by atoms with E-state index < -0.39 is 28.5 Å². The number of sulfonamides is 1. The molecular formula is C34H36ClN3O5S. The molecule has 1 atom stereocenters. The summed E-state index contributed by atoms with van der Waals surface area (Å²) in [5, 5.41) is 3.47. The van der Waals surface area contributed by atoms with Gasteiger partial charge in [0.15, 0.2) is 0 Å². The third-order valence-corrected chi connectivity index (χ3v) is 9.08. The Morgan fingerprint density at radius 1 is 0.864 bits per heavy atom. The first-order chi connectivity index (χ1) is 21.2. The number of carbonyl (C=O) groups is 2. The van der Waals surface area contributed by atoms with Gasteiger partial charge in [-0.15, -0.1) is 0 Å². The summed E-state index contributed by atoms with van der Waals surface area (Å²) in [6.45, 7) is 1.89. The number of rotatable bonds is 14. The van der Waals surface area contributed by atoms with E-state index >= 15 is 0 Å². The first-order valence-corrected chi connectivity index (χ1v) is 16.1. The van der Waals surface area contributed by atoms with Crippen LogP contribution < -0.4 is 14.4 Å². The molecule has 0 fully saturated rings. The number of nitrogens with zero attached hydrogens (tertiary/aromatic N) is 2. The highest BCUT2D eigenvalue weighted by Crippen LogP contribution is 2.28. The van der Waals surface area contributed by atoms with Crippen LogP contribution in [0.25, 0.3) is 0 Å². The minimum absolute atomic E-state index is 0.0291. The molecule has 2 amide bonds. The molecule has 0 spiro atoms. The molecule has 8 nitrogen and oxygen atoms in total. The van der Waals surface area contributed by atoms with Crippen LogP contribution in [-0.2, 0) is 32.6 Å². The first-order valence-electron chi connectivity index (χ1n) is 14.3. The number of ether oxygens (including phenoxy) is 1. The molecule has 0 heterocycles.